The molecule has 16 heavy (non-hydrogen) atoms. The summed E-state index contributed by atoms with van der Waals surface area (Å²) in [5.41, 5.74) is -0.197. The Labute approximate surface area is 98.2 Å². The number of ether oxygens (including phenoxy) is 2. The minimum absolute atomic E-state index is 0.0370. The second-order valence-electron chi connectivity index (χ2n) is 2.93. The molecular formula is C11H14O4S. The molecule has 0 unspecified atom stereocenters. The molecule has 0 aliphatic heterocycles. The Kier molecular flexibility index (Phi) is 5.74. The van der Waals surface area contributed by atoms with E-state index in [0.717, 1.165) is 5.75 Å². The van der Waals surface area contributed by atoms with Crippen molar-refractivity contribution in [3.05, 3.63) is 41.0 Å². The molecule has 0 aromatic carbocycles. The highest BCUT2D eigenvalue weighted by atomic mass is 32.2. The molecule has 0 amide bonds. The molecule has 0 atom stereocenters. The van der Waals surface area contributed by atoms with E-state index in [1.54, 1.807) is 17.8 Å². The van der Waals surface area contributed by atoms with Gasteiger partial charge in [-0.15, -0.1) is 18.3 Å². The van der Waals surface area contributed by atoms with Gasteiger partial charge in [-0.2, -0.15) is 0 Å². The molecule has 0 saturated heterocycles. The van der Waals surface area contributed by atoms with Crippen molar-refractivity contribution in [1.82, 2.24) is 0 Å². The molecule has 0 N–H and O–H groups in total. The lowest BCUT2D eigenvalue weighted by Crippen LogP contribution is -2.09. The van der Waals surface area contributed by atoms with E-state index in [0.29, 0.717) is 11.5 Å². The quantitative estimate of drug-likeness (QED) is 0.416. The summed E-state index contributed by atoms with van der Waals surface area (Å²) in [6, 6.07) is 1.43. The first-order valence-corrected chi connectivity index (χ1v) is 5.85. The maximum absolute atomic E-state index is 11.5. The zero-order valence-electron chi connectivity index (χ0n) is 9.10. The van der Waals surface area contributed by atoms with Crippen molar-refractivity contribution in [3.8, 4) is 5.75 Å². The minimum atomic E-state index is -0.197. The largest absolute Gasteiger partial charge is 0.464 e. The van der Waals surface area contributed by atoms with Gasteiger partial charge in [0.1, 0.15) is 12.0 Å². The molecule has 1 heterocycles. The lowest BCUT2D eigenvalue weighted by atomic mass is 10.4. The number of rotatable bonds is 7. The van der Waals surface area contributed by atoms with E-state index in [1.165, 1.54) is 19.4 Å². The minimum Gasteiger partial charge on any atom is -0.464 e. The smallest absolute Gasteiger partial charge is 0.227 e. The summed E-state index contributed by atoms with van der Waals surface area (Å²) in [7, 11) is 1.49. The fourth-order valence-electron chi connectivity index (χ4n) is 0.985. The van der Waals surface area contributed by atoms with Crippen LogP contribution in [0.4, 0.5) is 0 Å². The highest BCUT2D eigenvalue weighted by molar-refractivity contribution is 7.98. The van der Waals surface area contributed by atoms with Gasteiger partial charge in [-0.1, -0.05) is 6.08 Å². The first-order chi connectivity index (χ1) is 7.77. The maximum Gasteiger partial charge on any atom is 0.227 e. The maximum atomic E-state index is 11.5. The van der Waals surface area contributed by atoms with Crippen LogP contribution in [0, 0.1) is 0 Å². The van der Waals surface area contributed by atoms with Crippen LogP contribution in [0.1, 0.15) is 5.76 Å². The summed E-state index contributed by atoms with van der Waals surface area (Å²) in [5.74, 6) is 2.26. The summed E-state index contributed by atoms with van der Waals surface area (Å²) in [4.78, 5) is 11.5. The van der Waals surface area contributed by atoms with Crippen LogP contribution in [-0.4, -0.2) is 19.7 Å². The Bertz CT molecular complexity index is 386. The predicted molar refractivity (Wildman–Crippen MR) is 63.8 cm³/mol. The Morgan fingerprint density at radius 2 is 2.44 bits per heavy atom. The van der Waals surface area contributed by atoms with Crippen molar-refractivity contribution < 1.29 is 13.9 Å². The summed E-state index contributed by atoms with van der Waals surface area (Å²) in [6.45, 7) is 3.65. The number of hydrogen-bond acceptors (Lipinski definition) is 5. The number of methoxy groups -OCH3 is 1. The zero-order chi connectivity index (χ0) is 11.8. The van der Waals surface area contributed by atoms with Gasteiger partial charge in [0.2, 0.25) is 11.2 Å². The van der Waals surface area contributed by atoms with Crippen LogP contribution in [-0.2, 0) is 10.5 Å². The van der Waals surface area contributed by atoms with Gasteiger partial charge in [0, 0.05) is 18.9 Å². The fourth-order valence-corrected chi connectivity index (χ4v) is 1.62. The fraction of sp³-hybridized carbons (Fsp3) is 0.364. The van der Waals surface area contributed by atoms with Crippen molar-refractivity contribution in [2.24, 2.45) is 0 Å². The standard InChI is InChI=1S/C11H14O4S/c1-3-4-16-7-9-5-10(12)11(6-14-9)15-8-13-2/h3,5-6H,1,4,7-8H2,2H3. The summed E-state index contributed by atoms with van der Waals surface area (Å²) in [5, 5.41) is 0. The van der Waals surface area contributed by atoms with Gasteiger partial charge >= 0.3 is 0 Å². The Balaban J connectivity index is 2.60. The summed E-state index contributed by atoms with van der Waals surface area (Å²) < 4.78 is 15.0. The molecule has 0 bridgehead atoms. The van der Waals surface area contributed by atoms with Gasteiger partial charge in [0.15, 0.2) is 6.79 Å². The second-order valence-corrected chi connectivity index (χ2v) is 3.96. The first kappa shape index (κ1) is 12.9. The van der Waals surface area contributed by atoms with Gasteiger partial charge in [0.25, 0.3) is 0 Å². The highest BCUT2D eigenvalue weighted by Gasteiger charge is 2.04. The van der Waals surface area contributed by atoms with Gasteiger partial charge in [-0.3, -0.25) is 4.79 Å². The van der Waals surface area contributed by atoms with E-state index in [4.69, 9.17) is 13.9 Å². The van der Waals surface area contributed by atoms with E-state index in [-0.39, 0.29) is 18.0 Å². The Morgan fingerprint density at radius 1 is 1.62 bits per heavy atom. The molecule has 1 aromatic heterocycles. The number of hydrogen-bond donors (Lipinski definition) is 0. The van der Waals surface area contributed by atoms with Crippen LogP contribution >= 0.6 is 11.8 Å². The third-order valence-corrected chi connectivity index (χ3v) is 2.62. The molecule has 1 aromatic rings. The van der Waals surface area contributed by atoms with Crippen molar-refractivity contribution in [1.29, 1.82) is 0 Å². The molecule has 88 valence electrons. The molecular weight excluding hydrogens is 228 g/mol. The van der Waals surface area contributed by atoms with Crippen molar-refractivity contribution in [3.63, 3.8) is 0 Å². The van der Waals surface area contributed by atoms with Gasteiger partial charge in [-0.05, 0) is 0 Å². The SMILES string of the molecule is C=CCSCc1cc(=O)c(OCOC)co1. The van der Waals surface area contributed by atoms with Crippen LogP contribution in [0.15, 0.2) is 34.2 Å². The topological polar surface area (TPSA) is 48.7 Å². The molecule has 4 nitrogen and oxygen atoms in total. The average Bonchev–Trinajstić information content (AvgIpc) is 2.28. The normalized spacial score (nSPS) is 10.1. The first-order valence-electron chi connectivity index (χ1n) is 4.70. The number of thioether (sulfide) groups is 1. The molecule has 0 aliphatic rings. The summed E-state index contributed by atoms with van der Waals surface area (Å²) >= 11 is 1.62. The molecule has 0 saturated carbocycles. The third kappa shape index (κ3) is 4.12. The second kappa shape index (κ2) is 7.14. The van der Waals surface area contributed by atoms with Crippen LogP contribution in [0.5, 0.6) is 5.75 Å². The van der Waals surface area contributed by atoms with E-state index in [9.17, 15) is 4.79 Å². The molecule has 0 fully saturated rings. The van der Waals surface area contributed by atoms with E-state index < -0.39 is 0 Å². The zero-order valence-corrected chi connectivity index (χ0v) is 9.92. The highest BCUT2D eigenvalue weighted by Crippen LogP contribution is 2.13. The Hall–Kier alpha value is -1.20. The van der Waals surface area contributed by atoms with Crippen LogP contribution in [0.25, 0.3) is 0 Å². The van der Waals surface area contributed by atoms with Crippen molar-refractivity contribution >= 4 is 11.8 Å². The predicted octanol–water partition coefficient (Wildman–Crippen LogP) is 2.04. The van der Waals surface area contributed by atoms with Gasteiger partial charge < -0.3 is 13.9 Å². The molecule has 1 rings (SSSR count). The Morgan fingerprint density at radius 3 is 3.06 bits per heavy atom. The van der Waals surface area contributed by atoms with Gasteiger partial charge in [0.05, 0.1) is 5.75 Å². The lowest BCUT2D eigenvalue weighted by molar-refractivity contribution is 0.0487. The van der Waals surface area contributed by atoms with Crippen LogP contribution in [0.2, 0.25) is 0 Å². The van der Waals surface area contributed by atoms with E-state index in [2.05, 4.69) is 6.58 Å². The molecule has 5 heteroatoms. The third-order valence-electron chi connectivity index (χ3n) is 1.66. The average molecular weight is 242 g/mol. The summed E-state index contributed by atoms with van der Waals surface area (Å²) in [6.07, 6.45) is 3.12. The molecule has 0 spiro atoms. The monoisotopic (exact) mass is 242 g/mol. The van der Waals surface area contributed by atoms with E-state index >= 15 is 0 Å². The van der Waals surface area contributed by atoms with E-state index in [1.807, 2.05) is 0 Å². The van der Waals surface area contributed by atoms with Crippen LogP contribution < -0.4 is 10.2 Å². The van der Waals surface area contributed by atoms with Gasteiger partial charge in [-0.25, -0.2) is 0 Å². The van der Waals surface area contributed by atoms with Crippen LogP contribution in [0.3, 0.4) is 0 Å². The molecule has 0 radical (unpaired) electrons. The molecule has 0 aliphatic carbocycles. The lowest BCUT2D eigenvalue weighted by Gasteiger charge is -2.03. The van der Waals surface area contributed by atoms with Crippen molar-refractivity contribution in [2.45, 2.75) is 5.75 Å². The van der Waals surface area contributed by atoms with Crippen molar-refractivity contribution in [2.75, 3.05) is 19.7 Å².